The fourth-order valence-corrected chi connectivity index (χ4v) is 9.39. The van der Waals surface area contributed by atoms with Crippen molar-refractivity contribution in [3.8, 4) is 22.3 Å². The van der Waals surface area contributed by atoms with Gasteiger partial charge >= 0.3 is 0 Å². The quantitative estimate of drug-likeness (QED) is 0.178. The number of hydrogen-bond acceptors (Lipinski definition) is 0. The van der Waals surface area contributed by atoms with Gasteiger partial charge in [-0.25, -0.2) is 0 Å². The van der Waals surface area contributed by atoms with Gasteiger partial charge in [0.15, 0.2) is 0 Å². The van der Waals surface area contributed by atoms with E-state index in [1.165, 1.54) is 81.8 Å². The number of nitrogens with zero attached hydrogens (tertiary/aromatic N) is 2. The van der Waals surface area contributed by atoms with Crippen LogP contribution in [0.5, 0.6) is 0 Å². The summed E-state index contributed by atoms with van der Waals surface area (Å²) >= 11 is 0. The first-order valence-electron chi connectivity index (χ1n) is 18.8. The lowest BCUT2D eigenvalue weighted by molar-refractivity contribution is 1.35. The topological polar surface area (TPSA) is 8.82 Å². The molecule has 0 saturated heterocycles. The van der Waals surface area contributed by atoms with E-state index in [1.807, 2.05) is 19.1 Å². The van der Waals surface area contributed by atoms with E-state index in [0.29, 0.717) is 5.56 Å². The average Bonchev–Trinajstić information content (AvgIpc) is 3.90. The van der Waals surface area contributed by atoms with E-state index >= 15 is 0 Å². The summed E-state index contributed by atoms with van der Waals surface area (Å²) in [5, 5.41) is 12.3. The molecule has 50 heavy (non-hydrogen) atoms. The Kier molecular flexibility index (Phi) is 4.39. The van der Waals surface area contributed by atoms with Crippen LogP contribution in [-0.4, -0.2) is 8.80 Å². The Morgan fingerprint density at radius 3 is 1.46 bits per heavy atom. The van der Waals surface area contributed by atoms with Crippen molar-refractivity contribution in [3.05, 3.63) is 157 Å². The number of para-hydroxylation sites is 4. The Labute approximate surface area is 291 Å². The van der Waals surface area contributed by atoms with Gasteiger partial charge in [-0.2, -0.15) is 0 Å². The largest absolute Gasteiger partial charge is 0.308 e. The summed E-state index contributed by atoms with van der Waals surface area (Å²) in [6.45, 7) is -0.206. The highest BCUT2D eigenvalue weighted by Gasteiger charge is 2.26. The monoisotopic (exact) mass is 637 g/mol. The maximum Gasteiger partial charge on any atom is 0.0620 e. The molecule has 12 aromatic rings. The third-order valence-corrected chi connectivity index (χ3v) is 11.4. The average molecular weight is 638 g/mol. The molecule has 0 amide bonds. The summed E-state index contributed by atoms with van der Waals surface area (Å²) in [5.74, 6) is 0. The summed E-state index contributed by atoms with van der Waals surface area (Å²) in [7, 11) is 0. The summed E-state index contributed by atoms with van der Waals surface area (Å²) in [5.41, 5.74) is 12.8. The molecule has 0 aliphatic rings. The smallest absolute Gasteiger partial charge is 0.0620 e. The van der Waals surface area contributed by atoms with Crippen molar-refractivity contribution in [1.82, 2.24) is 8.80 Å². The molecule has 0 saturated carbocycles. The Morgan fingerprint density at radius 1 is 0.400 bits per heavy atom. The maximum atomic E-state index is 8.24. The minimum Gasteiger partial charge on any atom is -0.308 e. The molecular weight excluding hydrogens is 605 g/mol. The zero-order valence-electron chi connectivity index (χ0n) is 30.3. The van der Waals surface area contributed by atoms with E-state index in [0.717, 1.165) is 33.0 Å². The van der Waals surface area contributed by atoms with Crippen LogP contribution in [0, 0.1) is 13.8 Å². The van der Waals surface area contributed by atoms with Gasteiger partial charge in [-0.3, -0.25) is 0 Å². The van der Waals surface area contributed by atoms with Crippen molar-refractivity contribution in [2.45, 2.75) is 13.8 Å². The molecule has 0 spiro atoms. The third-order valence-electron chi connectivity index (χ3n) is 11.4. The highest BCUT2D eigenvalue weighted by Crippen LogP contribution is 2.50. The van der Waals surface area contributed by atoms with E-state index in [9.17, 15) is 0 Å². The number of aryl methyl sites for hydroxylation is 2. The number of aromatic nitrogens is 2. The molecule has 232 valence electrons. The second-order valence-corrected chi connectivity index (χ2v) is 13.9. The van der Waals surface area contributed by atoms with E-state index in [4.69, 9.17) is 4.11 Å². The highest BCUT2D eigenvalue weighted by atomic mass is 14.9. The number of rotatable bonds is 2. The molecule has 4 aromatic heterocycles. The van der Waals surface area contributed by atoms with Gasteiger partial charge in [0.2, 0.25) is 0 Å². The Hall–Kier alpha value is -6.38. The molecule has 4 heterocycles. The number of hydrogen-bond donors (Lipinski definition) is 0. The molecule has 0 radical (unpaired) electrons. The standard InChI is InChI=1S/C48H30N2/c1-27-10-7-11-28(2)43(27)31-22-20-30-25-32(23-21-29(30)24-31)44-45-37-16-8-14-35-33-12-3-5-18-39(33)49(47(35)37)41(45)26-42-46(44)38-17-9-15-36-34-13-4-6-19-40(34)50(42)48(36)38/h3-26H,1-2H3/i1D3. The van der Waals surface area contributed by atoms with Crippen molar-refractivity contribution in [2.24, 2.45) is 0 Å². The second-order valence-electron chi connectivity index (χ2n) is 13.9. The van der Waals surface area contributed by atoms with Crippen LogP contribution in [-0.2, 0) is 0 Å². The van der Waals surface area contributed by atoms with Crippen LogP contribution in [0.1, 0.15) is 15.2 Å². The predicted octanol–water partition coefficient (Wildman–Crippen LogP) is 13.1. The highest BCUT2D eigenvalue weighted by molar-refractivity contribution is 6.34. The number of fused-ring (bicyclic) bond motifs is 13. The van der Waals surface area contributed by atoms with Gasteiger partial charge < -0.3 is 8.80 Å². The van der Waals surface area contributed by atoms with Crippen LogP contribution in [0.25, 0.3) is 109 Å². The van der Waals surface area contributed by atoms with Crippen molar-refractivity contribution in [1.29, 1.82) is 0 Å². The van der Waals surface area contributed by atoms with Crippen molar-refractivity contribution in [3.63, 3.8) is 0 Å². The lowest BCUT2D eigenvalue weighted by atomic mass is 9.90. The molecule has 0 bridgehead atoms. The van der Waals surface area contributed by atoms with Gasteiger partial charge in [0.1, 0.15) is 0 Å². The van der Waals surface area contributed by atoms with Gasteiger partial charge in [-0.15, -0.1) is 0 Å². The zero-order valence-corrected chi connectivity index (χ0v) is 27.3. The molecule has 0 unspecified atom stereocenters. The van der Waals surface area contributed by atoms with E-state index in [2.05, 4.69) is 136 Å². The van der Waals surface area contributed by atoms with Crippen molar-refractivity contribution in [2.75, 3.05) is 0 Å². The Balaban J connectivity index is 1.23. The fourth-order valence-electron chi connectivity index (χ4n) is 9.39. The molecular formula is C48H30N2. The molecule has 12 rings (SSSR count). The molecule has 0 atom stereocenters. The fraction of sp³-hybridized carbons (Fsp3) is 0.0417. The molecule has 0 fully saturated rings. The molecule has 2 nitrogen and oxygen atoms in total. The summed E-state index contributed by atoms with van der Waals surface area (Å²) < 4.78 is 29.7. The molecule has 2 heteroatoms. The first kappa shape index (κ1) is 23.9. The molecule has 8 aromatic carbocycles. The van der Waals surface area contributed by atoms with Crippen LogP contribution in [0.2, 0.25) is 0 Å². The first-order chi connectivity index (χ1) is 25.9. The van der Waals surface area contributed by atoms with Gasteiger partial charge in [-0.1, -0.05) is 115 Å². The SMILES string of the molecule is [2H]C([2H])([2H])c1cccc(C)c1-c1ccc2cc(-c3c4c5cccc6c7ccccc7n(c4cc4c3c3cccc7c8ccccc8n4c73)c65)ccc2c1. The zero-order chi connectivity index (χ0) is 35.3. The summed E-state index contributed by atoms with van der Waals surface area (Å²) in [4.78, 5) is 0. The van der Waals surface area contributed by atoms with E-state index < -0.39 is 6.85 Å². The third kappa shape index (κ3) is 3.15. The minimum atomic E-state index is -2.20. The molecule has 0 N–H and O–H groups in total. The Bertz CT molecular complexity index is 3350. The maximum absolute atomic E-state index is 8.24. The first-order valence-corrected chi connectivity index (χ1v) is 17.3. The Morgan fingerprint density at radius 2 is 0.880 bits per heavy atom. The van der Waals surface area contributed by atoms with E-state index in [1.54, 1.807) is 6.07 Å². The summed E-state index contributed by atoms with van der Waals surface area (Å²) in [6.07, 6.45) is 0. The number of benzene rings is 8. The van der Waals surface area contributed by atoms with Crippen LogP contribution in [0.3, 0.4) is 0 Å². The molecule has 0 aliphatic carbocycles. The van der Waals surface area contributed by atoms with Crippen molar-refractivity contribution >= 4 is 87.0 Å². The van der Waals surface area contributed by atoms with Crippen LogP contribution >= 0.6 is 0 Å². The van der Waals surface area contributed by atoms with Gasteiger partial charge in [0.25, 0.3) is 0 Å². The summed E-state index contributed by atoms with van der Waals surface area (Å²) in [6, 6.07) is 52.3. The van der Waals surface area contributed by atoms with Gasteiger partial charge in [-0.05, 0) is 82.7 Å². The lowest BCUT2D eigenvalue weighted by Gasteiger charge is -2.13. The van der Waals surface area contributed by atoms with E-state index in [-0.39, 0.29) is 0 Å². The van der Waals surface area contributed by atoms with Crippen LogP contribution < -0.4 is 0 Å². The minimum absolute atomic E-state index is 0.389. The van der Waals surface area contributed by atoms with Crippen LogP contribution in [0.15, 0.2) is 146 Å². The van der Waals surface area contributed by atoms with Crippen molar-refractivity contribution < 1.29 is 4.11 Å². The second kappa shape index (κ2) is 9.19. The lowest BCUT2D eigenvalue weighted by Crippen LogP contribution is -1.89. The van der Waals surface area contributed by atoms with Crippen LogP contribution in [0.4, 0.5) is 0 Å². The molecule has 0 aliphatic heterocycles. The van der Waals surface area contributed by atoms with Gasteiger partial charge in [0, 0.05) is 52.8 Å². The normalized spacial score (nSPS) is 13.7. The predicted molar refractivity (Wildman–Crippen MR) is 214 cm³/mol. The van der Waals surface area contributed by atoms with Gasteiger partial charge in [0.05, 0.1) is 33.1 Å².